The number of halogens is 3. The Labute approximate surface area is 174 Å². The summed E-state index contributed by atoms with van der Waals surface area (Å²) in [7, 11) is 3.32. The van der Waals surface area contributed by atoms with Crippen LogP contribution in [-0.4, -0.2) is 44.4 Å². The van der Waals surface area contributed by atoms with Gasteiger partial charge < -0.3 is 20.1 Å². The molecule has 0 radical (unpaired) electrons. The molecule has 1 heterocycles. The second-order valence-corrected chi connectivity index (χ2v) is 6.72. The Balaban J connectivity index is 1.73. The smallest absolute Gasteiger partial charge is 0.422 e. The summed E-state index contributed by atoms with van der Waals surface area (Å²) in [5.41, 5.74) is 2.03. The van der Waals surface area contributed by atoms with Gasteiger partial charge in [-0.3, -0.25) is 4.99 Å². The van der Waals surface area contributed by atoms with Crippen LogP contribution in [-0.2, 0) is 6.54 Å². The molecule has 0 spiro atoms. The molecule has 1 unspecified atom stereocenters. The van der Waals surface area contributed by atoms with Crippen LogP contribution in [0.15, 0.2) is 47.6 Å². The molecule has 2 aromatic rings. The minimum Gasteiger partial charge on any atom is -0.497 e. The Morgan fingerprint density at radius 2 is 1.87 bits per heavy atom. The normalized spacial score (nSPS) is 12.9. The molecule has 0 saturated carbocycles. The first-order valence-electron chi connectivity index (χ1n) is 9.53. The molecule has 0 fully saturated rings. The van der Waals surface area contributed by atoms with Gasteiger partial charge in [0.15, 0.2) is 12.6 Å². The van der Waals surface area contributed by atoms with Gasteiger partial charge in [-0.1, -0.05) is 25.1 Å². The molecule has 2 rings (SSSR count). The lowest BCUT2D eigenvalue weighted by Crippen LogP contribution is -2.37. The van der Waals surface area contributed by atoms with E-state index in [1.54, 1.807) is 20.2 Å². The minimum absolute atomic E-state index is 0.0638. The summed E-state index contributed by atoms with van der Waals surface area (Å²) in [5, 5.41) is 6.41. The summed E-state index contributed by atoms with van der Waals surface area (Å²) in [6.45, 7) is 1.96. The number of guanidine groups is 1. The van der Waals surface area contributed by atoms with E-state index >= 15 is 0 Å². The zero-order chi connectivity index (χ0) is 22.0. The van der Waals surface area contributed by atoms with Crippen molar-refractivity contribution in [1.29, 1.82) is 0 Å². The standard InChI is InChI=1S/C21H27F3N4O2/c1-15(17-5-7-18(29-3)8-6-17)10-11-26-20(25-2)28-13-16-4-9-19(27-12-16)30-14-21(22,23)24/h4-9,12,15H,10-11,13-14H2,1-3H3,(H2,25,26,28). The summed E-state index contributed by atoms with van der Waals surface area (Å²) in [6.07, 6.45) is -2.00. The van der Waals surface area contributed by atoms with Gasteiger partial charge in [-0.2, -0.15) is 13.2 Å². The number of alkyl halides is 3. The van der Waals surface area contributed by atoms with Crippen molar-refractivity contribution in [3.63, 3.8) is 0 Å². The molecule has 9 heteroatoms. The van der Waals surface area contributed by atoms with E-state index in [9.17, 15) is 13.2 Å². The number of hydrogen-bond donors (Lipinski definition) is 2. The molecule has 0 bridgehead atoms. The fourth-order valence-corrected chi connectivity index (χ4v) is 2.67. The van der Waals surface area contributed by atoms with Crippen LogP contribution in [0.25, 0.3) is 0 Å². The highest BCUT2D eigenvalue weighted by Crippen LogP contribution is 2.21. The van der Waals surface area contributed by atoms with E-state index in [1.165, 1.54) is 17.8 Å². The van der Waals surface area contributed by atoms with Crippen molar-refractivity contribution in [3.05, 3.63) is 53.7 Å². The van der Waals surface area contributed by atoms with Gasteiger partial charge in [0.25, 0.3) is 0 Å². The SMILES string of the molecule is CN=C(NCCC(C)c1ccc(OC)cc1)NCc1ccc(OCC(F)(F)F)nc1. The van der Waals surface area contributed by atoms with Crippen LogP contribution in [0.1, 0.15) is 30.4 Å². The molecular weight excluding hydrogens is 397 g/mol. The molecule has 0 saturated heterocycles. The molecule has 0 aliphatic heterocycles. The maximum atomic E-state index is 12.2. The molecule has 30 heavy (non-hydrogen) atoms. The number of methoxy groups -OCH3 is 1. The number of rotatable bonds is 9. The average molecular weight is 424 g/mol. The van der Waals surface area contributed by atoms with Crippen LogP contribution in [0.2, 0.25) is 0 Å². The van der Waals surface area contributed by atoms with Gasteiger partial charge >= 0.3 is 6.18 Å². The Hall–Kier alpha value is -2.97. The second-order valence-electron chi connectivity index (χ2n) is 6.72. The fraction of sp³-hybridized carbons (Fsp3) is 0.429. The maximum absolute atomic E-state index is 12.2. The van der Waals surface area contributed by atoms with Crippen LogP contribution in [0.5, 0.6) is 11.6 Å². The van der Waals surface area contributed by atoms with Crippen molar-refractivity contribution in [3.8, 4) is 11.6 Å². The predicted molar refractivity (Wildman–Crippen MR) is 110 cm³/mol. The summed E-state index contributed by atoms with van der Waals surface area (Å²) in [5.74, 6) is 1.78. The third-order valence-electron chi connectivity index (χ3n) is 4.42. The van der Waals surface area contributed by atoms with Crippen molar-refractivity contribution < 1.29 is 22.6 Å². The van der Waals surface area contributed by atoms with E-state index in [1.807, 2.05) is 12.1 Å². The number of ether oxygens (including phenoxy) is 2. The first kappa shape index (κ1) is 23.3. The van der Waals surface area contributed by atoms with Crippen molar-refractivity contribution in [2.75, 3.05) is 27.3 Å². The van der Waals surface area contributed by atoms with Crippen LogP contribution < -0.4 is 20.1 Å². The number of aromatic nitrogens is 1. The fourth-order valence-electron chi connectivity index (χ4n) is 2.67. The van der Waals surface area contributed by atoms with Gasteiger partial charge in [-0.05, 0) is 35.6 Å². The molecule has 0 aliphatic rings. The van der Waals surface area contributed by atoms with E-state index in [2.05, 4.69) is 44.4 Å². The van der Waals surface area contributed by atoms with Crippen LogP contribution >= 0.6 is 0 Å². The summed E-state index contributed by atoms with van der Waals surface area (Å²) >= 11 is 0. The summed E-state index contributed by atoms with van der Waals surface area (Å²) in [6, 6.07) is 11.1. The molecule has 0 amide bonds. The summed E-state index contributed by atoms with van der Waals surface area (Å²) in [4.78, 5) is 8.06. The van der Waals surface area contributed by atoms with Gasteiger partial charge in [0.1, 0.15) is 5.75 Å². The summed E-state index contributed by atoms with van der Waals surface area (Å²) < 4.78 is 46.3. The van der Waals surface area contributed by atoms with Crippen molar-refractivity contribution in [2.45, 2.75) is 32.0 Å². The van der Waals surface area contributed by atoms with Gasteiger partial charge in [0, 0.05) is 32.4 Å². The van der Waals surface area contributed by atoms with E-state index < -0.39 is 12.8 Å². The van der Waals surface area contributed by atoms with E-state index in [0.29, 0.717) is 18.4 Å². The molecule has 164 valence electrons. The molecule has 1 atom stereocenters. The zero-order valence-electron chi connectivity index (χ0n) is 17.3. The molecular formula is C21H27F3N4O2. The number of nitrogens with zero attached hydrogens (tertiary/aromatic N) is 2. The van der Waals surface area contributed by atoms with E-state index in [-0.39, 0.29) is 5.88 Å². The lowest BCUT2D eigenvalue weighted by Gasteiger charge is -2.15. The van der Waals surface area contributed by atoms with E-state index in [0.717, 1.165) is 24.3 Å². The quantitative estimate of drug-likeness (QED) is 0.472. The molecule has 2 N–H and O–H groups in total. The highest BCUT2D eigenvalue weighted by Gasteiger charge is 2.28. The first-order chi connectivity index (χ1) is 14.3. The van der Waals surface area contributed by atoms with Crippen molar-refractivity contribution >= 4 is 5.96 Å². The number of nitrogens with one attached hydrogen (secondary N) is 2. The predicted octanol–water partition coefficient (Wildman–Crippen LogP) is 3.89. The molecule has 1 aromatic carbocycles. The van der Waals surface area contributed by atoms with E-state index in [4.69, 9.17) is 4.74 Å². The van der Waals surface area contributed by atoms with Gasteiger partial charge in [-0.15, -0.1) is 0 Å². The topological polar surface area (TPSA) is 67.8 Å². The second kappa shape index (κ2) is 11.3. The third-order valence-corrected chi connectivity index (χ3v) is 4.42. The third kappa shape index (κ3) is 8.18. The number of benzene rings is 1. The highest BCUT2D eigenvalue weighted by atomic mass is 19.4. The van der Waals surface area contributed by atoms with Gasteiger partial charge in [0.2, 0.25) is 5.88 Å². The maximum Gasteiger partial charge on any atom is 0.422 e. The molecule has 1 aromatic heterocycles. The lowest BCUT2D eigenvalue weighted by molar-refractivity contribution is -0.154. The lowest BCUT2D eigenvalue weighted by atomic mass is 9.98. The van der Waals surface area contributed by atoms with Crippen LogP contribution in [0.4, 0.5) is 13.2 Å². The van der Waals surface area contributed by atoms with Gasteiger partial charge in [-0.25, -0.2) is 4.98 Å². The highest BCUT2D eigenvalue weighted by molar-refractivity contribution is 5.79. The Kier molecular flexibility index (Phi) is 8.76. The number of hydrogen-bond acceptors (Lipinski definition) is 4. The molecule has 6 nitrogen and oxygen atoms in total. The number of aliphatic imine (C=N–C) groups is 1. The minimum atomic E-state index is -4.38. The average Bonchev–Trinajstić information content (AvgIpc) is 2.74. The largest absolute Gasteiger partial charge is 0.497 e. The Morgan fingerprint density at radius 3 is 2.43 bits per heavy atom. The van der Waals surface area contributed by atoms with Crippen LogP contribution in [0, 0.1) is 0 Å². The monoisotopic (exact) mass is 424 g/mol. The van der Waals surface area contributed by atoms with Crippen LogP contribution in [0.3, 0.4) is 0 Å². The zero-order valence-corrected chi connectivity index (χ0v) is 17.3. The van der Waals surface area contributed by atoms with Crippen molar-refractivity contribution in [1.82, 2.24) is 15.6 Å². The Bertz CT molecular complexity index is 793. The molecule has 0 aliphatic carbocycles. The van der Waals surface area contributed by atoms with Gasteiger partial charge in [0.05, 0.1) is 7.11 Å². The first-order valence-corrected chi connectivity index (χ1v) is 9.53. The number of pyridine rings is 1. The van der Waals surface area contributed by atoms with Crippen molar-refractivity contribution in [2.24, 2.45) is 4.99 Å². The Morgan fingerprint density at radius 1 is 1.13 bits per heavy atom.